The van der Waals surface area contributed by atoms with Gasteiger partial charge in [0.2, 0.25) is 0 Å². The average molecular weight is 296 g/mol. The van der Waals surface area contributed by atoms with E-state index in [0.29, 0.717) is 24.8 Å². The number of nitrogens with one attached hydrogen (secondary N) is 1. The highest BCUT2D eigenvalue weighted by molar-refractivity contribution is 6.32. The van der Waals surface area contributed by atoms with Crippen molar-refractivity contribution < 1.29 is 9.66 Å². The van der Waals surface area contributed by atoms with Crippen molar-refractivity contribution in [2.75, 3.05) is 6.61 Å². The summed E-state index contributed by atoms with van der Waals surface area (Å²) in [6, 6.07) is 6.47. The van der Waals surface area contributed by atoms with Gasteiger partial charge in [-0.3, -0.25) is 15.4 Å². The average Bonchev–Trinajstić information content (AvgIpc) is 3.23. The molecular formula is C13H14ClN3O3. The van der Waals surface area contributed by atoms with E-state index in [0.717, 1.165) is 12.8 Å². The number of benzene rings is 1. The number of rotatable bonds is 7. The first-order valence-corrected chi connectivity index (χ1v) is 6.70. The predicted octanol–water partition coefficient (Wildman–Crippen LogP) is 2.66. The van der Waals surface area contributed by atoms with Crippen molar-refractivity contribution in [2.45, 2.75) is 31.3 Å². The second-order valence-corrected chi connectivity index (χ2v) is 5.04. The number of hydrogen-bond donors (Lipinski definition) is 1. The van der Waals surface area contributed by atoms with Gasteiger partial charge in [0, 0.05) is 24.6 Å². The molecule has 1 atom stereocenters. The fraction of sp³-hybridized carbons (Fsp3) is 0.462. The second kappa shape index (κ2) is 6.55. The molecule has 0 saturated heterocycles. The Bertz CT molecular complexity index is 540. The predicted molar refractivity (Wildman–Crippen MR) is 73.8 cm³/mol. The van der Waals surface area contributed by atoms with Crippen molar-refractivity contribution in [1.29, 1.82) is 5.26 Å². The first-order valence-electron chi connectivity index (χ1n) is 6.32. The molecule has 20 heavy (non-hydrogen) atoms. The van der Waals surface area contributed by atoms with E-state index in [-0.39, 0.29) is 16.8 Å². The minimum absolute atomic E-state index is 0.0762. The van der Waals surface area contributed by atoms with Gasteiger partial charge in [-0.05, 0) is 18.9 Å². The molecule has 2 rings (SSSR count). The van der Waals surface area contributed by atoms with Crippen molar-refractivity contribution in [2.24, 2.45) is 0 Å². The van der Waals surface area contributed by atoms with Crippen LogP contribution in [0.5, 0.6) is 5.75 Å². The van der Waals surface area contributed by atoms with E-state index in [9.17, 15) is 10.1 Å². The van der Waals surface area contributed by atoms with Crippen LogP contribution in [-0.2, 0) is 0 Å². The number of nitro groups is 1. The van der Waals surface area contributed by atoms with E-state index in [4.69, 9.17) is 21.6 Å². The molecule has 0 bridgehead atoms. The lowest BCUT2D eigenvalue weighted by Gasteiger charge is -2.12. The zero-order valence-electron chi connectivity index (χ0n) is 10.7. The van der Waals surface area contributed by atoms with Crippen LogP contribution in [0, 0.1) is 21.4 Å². The summed E-state index contributed by atoms with van der Waals surface area (Å²) in [7, 11) is 0. The summed E-state index contributed by atoms with van der Waals surface area (Å²) in [5.74, 6) is 0.389. The van der Waals surface area contributed by atoms with Gasteiger partial charge in [0.15, 0.2) is 0 Å². The van der Waals surface area contributed by atoms with E-state index in [2.05, 4.69) is 11.4 Å². The van der Waals surface area contributed by atoms with Gasteiger partial charge in [-0.15, -0.1) is 0 Å². The van der Waals surface area contributed by atoms with Crippen molar-refractivity contribution >= 4 is 17.3 Å². The van der Waals surface area contributed by atoms with Gasteiger partial charge in [0.05, 0.1) is 28.7 Å². The number of ether oxygens (including phenoxy) is 1. The third-order valence-electron chi connectivity index (χ3n) is 2.96. The van der Waals surface area contributed by atoms with Crippen molar-refractivity contribution in [3.8, 4) is 11.8 Å². The summed E-state index contributed by atoms with van der Waals surface area (Å²) in [6.45, 7) is 0.329. The molecule has 1 aliphatic carbocycles. The SMILES string of the molecule is N#CC(CCOc1ccc([N+](=O)[O-])cc1Cl)NC1CC1. The highest BCUT2D eigenvalue weighted by Crippen LogP contribution is 2.28. The summed E-state index contributed by atoms with van der Waals surface area (Å²) < 4.78 is 5.46. The van der Waals surface area contributed by atoms with Gasteiger partial charge in [-0.2, -0.15) is 5.26 Å². The van der Waals surface area contributed by atoms with Gasteiger partial charge >= 0.3 is 0 Å². The monoisotopic (exact) mass is 295 g/mol. The van der Waals surface area contributed by atoms with Gasteiger partial charge in [-0.25, -0.2) is 0 Å². The molecule has 106 valence electrons. The largest absolute Gasteiger partial charge is 0.492 e. The Morgan fingerprint density at radius 2 is 2.35 bits per heavy atom. The summed E-state index contributed by atoms with van der Waals surface area (Å²) >= 11 is 5.91. The summed E-state index contributed by atoms with van der Waals surface area (Å²) in [5.41, 5.74) is -0.0762. The lowest BCUT2D eigenvalue weighted by atomic mass is 10.2. The Morgan fingerprint density at radius 1 is 1.60 bits per heavy atom. The highest BCUT2D eigenvalue weighted by Gasteiger charge is 2.24. The molecule has 1 fully saturated rings. The molecule has 0 spiro atoms. The highest BCUT2D eigenvalue weighted by atomic mass is 35.5. The van der Waals surface area contributed by atoms with E-state index in [1.54, 1.807) is 0 Å². The maximum atomic E-state index is 10.6. The van der Waals surface area contributed by atoms with E-state index < -0.39 is 4.92 Å². The Hall–Kier alpha value is -1.84. The topological polar surface area (TPSA) is 88.2 Å². The second-order valence-electron chi connectivity index (χ2n) is 4.63. The maximum absolute atomic E-state index is 10.6. The molecule has 1 aliphatic rings. The first-order chi connectivity index (χ1) is 9.60. The fourth-order valence-corrected chi connectivity index (χ4v) is 1.96. The molecule has 1 aromatic rings. The number of hydrogen-bond acceptors (Lipinski definition) is 5. The van der Waals surface area contributed by atoms with Crippen LogP contribution in [0.25, 0.3) is 0 Å². The molecule has 6 nitrogen and oxygen atoms in total. The lowest BCUT2D eigenvalue weighted by molar-refractivity contribution is -0.384. The van der Waals surface area contributed by atoms with E-state index in [1.807, 2.05) is 0 Å². The van der Waals surface area contributed by atoms with Gasteiger partial charge in [-0.1, -0.05) is 11.6 Å². The summed E-state index contributed by atoms with van der Waals surface area (Å²) in [6.07, 6.45) is 2.78. The van der Waals surface area contributed by atoms with Crippen LogP contribution in [0.3, 0.4) is 0 Å². The Kier molecular flexibility index (Phi) is 4.77. The Labute approximate surface area is 121 Å². The molecule has 0 aliphatic heterocycles. The van der Waals surface area contributed by atoms with Crippen LogP contribution in [-0.4, -0.2) is 23.6 Å². The summed E-state index contributed by atoms with van der Waals surface area (Å²) in [5, 5.41) is 23.0. The van der Waals surface area contributed by atoms with Gasteiger partial charge in [0.25, 0.3) is 5.69 Å². The Balaban J connectivity index is 1.84. The molecule has 0 amide bonds. The first kappa shape index (κ1) is 14.6. The molecule has 7 heteroatoms. The zero-order chi connectivity index (χ0) is 14.5. The fourth-order valence-electron chi connectivity index (χ4n) is 1.73. The van der Waals surface area contributed by atoms with Crippen molar-refractivity contribution in [3.63, 3.8) is 0 Å². The number of nitriles is 1. The minimum Gasteiger partial charge on any atom is -0.492 e. The van der Waals surface area contributed by atoms with Crippen molar-refractivity contribution in [3.05, 3.63) is 33.3 Å². The van der Waals surface area contributed by atoms with Crippen molar-refractivity contribution in [1.82, 2.24) is 5.32 Å². The molecule has 1 aromatic carbocycles. The molecule has 1 N–H and O–H groups in total. The number of nitrogens with zero attached hydrogens (tertiary/aromatic N) is 2. The lowest BCUT2D eigenvalue weighted by Crippen LogP contribution is -2.31. The molecule has 1 saturated carbocycles. The smallest absolute Gasteiger partial charge is 0.271 e. The number of halogens is 1. The van der Waals surface area contributed by atoms with Crippen LogP contribution in [0.15, 0.2) is 18.2 Å². The molecular weight excluding hydrogens is 282 g/mol. The van der Waals surface area contributed by atoms with E-state index in [1.165, 1.54) is 18.2 Å². The quantitative estimate of drug-likeness (QED) is 0.617. The Morgan fingerprint density at radius 3 is 2.90 bits per heavy atom. The maximum Gasteiger partial charge on any atom is 0.271 e. The van der Waals surface area contributed by atoms with Crippen LogP contribution < -0.4 is 10.1 Å². The molecule has 0 aromatic heterocycles. The molecule has 0 radical (unpaired) electrons. The minimum atomic E-state index is -0.513. The standard InChI is InChI=1S/C13H14ClN3O3/c14-12-7-11(17(18)19)3-4-13(12)20-6-5-10(8-15)16-9-1-2-9/h3-4,7,9-10,16H,1-2,5-6H2. The zero-order valence-corrected chi connectivity index (χ0v) is 11.5. The van der Waals surface area contributed by atoms with Crippen LogP contribution in [0.1, 0.15) is 19.3 Å². The molecule has 0 heterocycles. The number of non-ortho nitro benzene ring substituents is 1. The normalized spacial score (nSPS) is 15.4. The van der Waals surface area contributed by atoms with Crippen LogP contribution in [0.2, 0.25) is 5.02 Å². The van der Waals surface area contributed by atoms with Crippen LogP contribution in [0.4, 0.5) is 5.69 Å². The van der Waals surface area contributed by atoms with E-state index >= 15 is 0 Å². The summed E-state index contributed by atoms with van der Waals surface area (Å²) in [4.78, 5) is 10.1. The van der Waals surface area contributed by atoms with Gasteiger partial charge < -0.3 is 4.74 Å². The third-order valence-corrected chi connectivity index (χ3v) is 3.26. The van der Waals surface area contributed by atoms with Gasteiger partial charge in [0.1, 0.15) is 5.75 Å². The molecule has 1 unspecified atom stereocenters. The third kappa shape index (κ3) is 4.08. The number of nitro benzene ring substituents is 1. The van der Waals surface area contributed by atoms with Crippen LogP contribution >= 0.6 is 11.6 Å².